The fraction of sp³-hybridized carbons (Fsp3) is 0.143. The zero-order valence-corrected chi connectivity index (χ0v) is 14.4. The molecule has 0 aliphatic carbocycles. The summed E-state index contributed by atoms with van der Waals surface area (Å²) in [6, 6.07) is 20.6. The Kier molecular flexibility index (Phi) is 5.49. The molecule has 0 heterocycles. The number of carbonyl (C=O) groups excluding carboxylic acids is 2. The predicted octanol–water partition coefficient (Wildman–Crippen LogP) is 3.32. The van der Waals surface area contributed by atoms with Crippen molar-refractivity contribution in [1.82, 2.24) is 5.32 Å². The molecule has 0 aromatic heterocycles. The number of carbonyl (C=O) groups is 2. The molecule has 0 radical (unpaired) electrons. The van der Waals surface area contributed by atoms with Gasteiger partial charge in [-0.2, -0.15) is 0 Å². The van der Waals surface area contributed by atoms with E-state index in [0.717, 1.165) is 16.3 Å². The van der Waals surface area contributed by atoms with Gasteiger partial charge in [-0.15, -0.1) is 0 Å². The Balaban J connectivity index is 1.57. The van der Waals surface area contributed by atoms with E-state index in [1.807, 2.05) is 42.5 Å². The van der Waals surface area contributed by atoms with Crippen molar-refractivity contribution in [1.29, 1.82) is 0 Å². The van der Waals surface area contributed by atoms with Gasteiger partial charge >= 0.3 is 5.97 Å². The van der Waals surface area contributed by atoms with E-state index in [-0.39, 0.29) is 19.1 Å². The number of methoxy groups -OCH3 is 1. The number of nitrogens with one attached hydrogen (secondary N) is 1. The van der Waals surface area contributed by atoms with Crippen LogP contribution in [0.4, 0.5) is 0 Å². The Morgan fingerprint density at radius 2 is 1.65 bits per heavy atom. The lowest BCUT2D eigenvalue weighted by atomic mass is 10.1. The first-order valence-corrected chi connectivity index (χ1v) is 8.22. The van der Waals surface area contributed by atoms with Crippen molar-refractivity contribution in [2.75, 3.05) is 13.7 Å². The molecule has 0 aliphatic rings. The molecule has 1 amide bonds. The van der Waals surface area contributed by atoms with Gasteiger partial charge in [0.05, 0.1) is 12.7 Å². The third kappa shape index (κ3) is 4.00. The molecule has 0 aliphatic heterocycles. The highest BCUT2D eigenvalue weighted by molar-refractivity contribution is 5.98. The highest BCUT2D eigenvalue weighted by Crippen LogP contribution is 2.19. The minimum absolute atomic E-state index is 0.157. The second-order valence-electron chi connectivity index (χ2n) is 5.68. The zero-order valence-electron chi connectivity index (χ0n) is 14.4. The molecule has 3 aromatic rings. The van der Waals surface area contributed by atoms with E-state index < -0.39 is 5.97 Å². The van der Waals surface area contributed by atoms with Crippen molar-refractivity contribution in [3.63, 3.8) is 0 Å². The fourth-order valence-electron chi connectivity index (χ4n) is 2.71. The first kappa shape index (κ1) is 17.5. The highest BCUT2D eigenvalue weighted by atomic mass is 16.5. The molecule has 26 heavy (non-hydrogen) atoms. The van der Waals surface area contributed by atoms with Crippen molar-refractivity contribution in [2.45, 2.75) is 6.61 Å². The number of fused-ring (bicyclic) bond motifs is 1. The average molecular weight is 349 g/mol. The number of esters is 1. The standard InChI is InChI=1S/C21H19NO4/c1-25-19-12-5-4-11-18(19)21(24)22-13-20(23)26-14-16-9-6-8-15-7-2-3-10-17(15)16/h2-12H,13-14H2,1H3,(H,22,24). The van der Waals surface area contributed by atoms with Crippen LogP contribution in [0.2, 0.25) is 0 Å². The van der Waals surface area contributed by atoms with Gasteiger partial charge in [-0.1, -0.05) is 54.6 Å². The third-order valence-electron chi connectivity index (χ3n) is 4.01. The third-order valence-corrected chi connectivity index (χ3v) is 4.01. The second kappa shape index (κ2) is 8.16. The highest BCUT2D eigenvalue weighted by Gasteiger charge is 2.13. The maximum Gasteiger partial charge on any atom is 0.325 e. The molecular weight excluding hydrogens is 330 g/mol. The zero-order chi connectivity index (χ0) is 18.4. The summed E-state index contributed by atoms with van der Waals surface area (Å²) in [5.74, 6) is -0.431. The summed E-state index contributed by atoms with van der Waals surface area (Å²) in [5.41, 5.74) is 1.30. The van der Waals surface area contributed by atoms with E-state index in [1.54, 1.807) is 24.3 Å². The van der Waals surface area contributed by atoms with E-state index >= 15 is 0 Å². The molecule has 0 saturated heterocycles. The Hall–Kier alpha value is -3.34. The van der Waals surface area contributed by atoms with E-state index in [1.165, 1.54) is 7.11 Å². The van der Waals surface area contributed by atoms with Gasteiger partial charge in [-0.3, -0.25) is 9.59 Å². The van der Waals surface area contributed by atoms with Crippen molar-refractivity contribution in [3.05, 3.63) is 77.9 Å². The second-order valence-corrected chi connectivity index (χ2v) is 5.68. The maximum atomic E-state index is 12.2. The molecule has 0 spiro atoms. The number of ether oxygens (including phenoxy) is 2. The summed E-state index contributed by atoms with van der Waals surface area (Å²) < 4.78 is 10.4. The molecule has 5 nitrogen and oxygen atoms in total. The lowest BCUT2D eigenvalue weighted by molar-refractivity contribution is -0.143. The van der Waals surface area contributed by atoms with Crippen LogP contribution in [0.3, 0.4) is 0 Å². The summed E-state index contributed by atoms with van der Waals surface area (Å²) in [7, 11) is 1.49. The summed E-state index contributed by atoms with van der Waals surface area (Å²) in [5, 5.41) is 4.68. The van der Waals surface area contributed by atoms with Crippen molar-refractivity contribution in [2.24, 2.45) is 0 Å². The molecule has 3 rings (SSSR count). The van der Waals surface area contributed by atoms with Crippen LogP contribution in [0.5, 0.6) is 5.75 Å². The van der Waals surface area contributed by atoms with Gasteiger partial charge in [0.15, 0.2) is 0 Å². The van der Waals surface area contributed by atoms with Crippen LogP contribution in [-0.2, 0) is 16.1 Å². The van der Waals surface area contributed by atoms with Crippen LogP contribution in [0.1, 0.15) is 15.9 Å². The maximum absolute atomic E-state index is 12.2. The van der Waals surface area contributed by atoms with E-state index in [9.17, 15) is 9.59 Å². The minimum atomic E-state index is -0.499. The predicted molar refractivity (Wildman–Crippen MR) is 99.1 cm³/mol. The average Bonchev–Trinajstić information content (AvgIpc) is 2.70. The Morgan fingerprint density at radius 1 is 0.923 bits per heavy atom. The van der Waals surface area contributed by atoms with Crippen LogP contribution in [0.25, 0.3) is 10.8 Å². The topological polar surface area (TPSA) is 64.6 Å². The van der Waals surface area contributed by atoms with Crippen LogP contribution >= 0.6 is 0 Å². The van der Waals surface area contributed by atoms with Crippen molar-refractivity contribution in [3.8, 4) is 5.75 Å². The fourth-order valence-corrected chi connectivity index (χ4v) is 2.71. The molecule has 0 saturated carbocycles. The Bertz CT molecular complexity index is 931. The number of hydrogen-bond donors (Lipinski definition) is 1. The summed E-state index contributed by atoms with van der Waals surface area (Å²) >= 11 is 0. The Labute approximate surface area is 151 Å². The number of benzene rings is 3. The first-order valence-electron chi connectivity index (χ1n) is 8.22. The lowest BCUT2D eigenvalue weighted by Gasteiger charge is -2.10. The van der Waals surface area contributed by atoms with Crippen LogP contribution < -0.4 is 10.1 Å². The van der Waals surface area contributed by atoms with Crippen LogP contribution in [0, 0.1) is 0 Å². The lowest BCUT2D eigenvalue weighted by Crippen LogP contribution is -2.30. The van der Waals surface area contributed by atoms with Gasteiger partial charge < -0.3 is 14.8 Å². The van der Waals surface area contributed by atoms with Gasteiger partial charge in [0.1, 0.15) is 18.9 Å². The SMILES string of the molecule is COc1ccccc1C(=O)NCC(=O)OCc1cccc2ccccc12. The van der Waals surface area contributed by atoms with Crippen molar-refractivity contribution >= 4 is 22.6 Å². The molecule has 5 heteroatoms. The molecular formula is C21H19NO4. The minimum Gasteiger partial charge on any atom is -0.496 e. The van der Waals surface area contributed by atoms with E-state index in [2.05, 4.69) is 5.32 Å². The van der Waals surface area contributed by atoms with Crippen LogP contribution in [-0.4, -0.2) is 25.5 Å². The number of para-hydroxylation sites is 1. The number of rotatable bonds is 6. The van der Waals surface area contributed by atoms with Gasteiger partial charge in [0.25, 0.3) is 5.91 Å². The van der Waals surface area contributed by atoms with Crippen LogP contribution in [0.15, 0.2) is 66.7 Å². The molecule has 0 unspecified atom stereocenters. The van der Waals surface area contributed by atoms with Gasteiger partial charge in [0.2, 0.25) is 0 Å². The van der Waals surface area contributed by atoms with Gasteiger partial charge in [-0.25, -0.2) is 0 Å². The summed E-state index contributed by atoms with van der Waals surface area (Å²) in [4.78, 5) is 24.2. The quantitative estimate of drug-likeness (QED) is 0.694. The van der Waals surface area contributed by atoms with E-state index in [4.69, 9.17) is 9.47 Å². The van der Waals surface area contributed by atoms with E-state index in [0.29, 0.717) is 11.3 Å². The summed E-state index contributed by atoms with van der Waals surface area (Å²) in [6.07, 6.45) is 0. The molecule has 0 fully saturated rings. The van der Waals surface area contributed by atoms with Gasteiger partial charge in [0, 0.05) is 0 Å². The normalized spacial score (nSPS) is 10.3. The van der Waals surface area contributed by atoms with Crippen molar-refractivity contribution < 1.29 is 19.1 Å². The molecule has 1 N–H and O–H groups in total. The Morgan fingerprint density at radius 3 is 2.50 bits per heavy atom. The molecule has 0 atom stereocenters. The smallest absolute Gasteiger partial charge is 0.325 e. The molecule has 0 bridgehead atoms. The first-order chi connectivity index (χ1) is 12.7. The monoisotopic (exact) mass is 349 g/mol. The number of amides is 1. The molecule has 132 valence electrons. The molecule has 3 aromatic carbocycles. The van der Waals surface area contributed by atoms with Gasteiger partial charge in [-0.05, 0) is 28.5 Å². The summed E-state index contributed by atoms with van der Waals surface area (Å²) in [6.45, 7) is -0.0492. The number of hydrogen-bond acceptors (Lipinski definition) is 4. The largest absolute Gasteiger partial charge is 0.496 e.